The highest BCUT2D eigenvalue weighted by Gasteiger charge is 2.20. The van der Waals surface area contributed by atoms with Crippen molar-refractivity contribution < 1.29 is 0 Å². The Kier molecular flexibility index (Phi) is 8.19. The summed E-state index contributed by atoms with van der Waals surface area (Å²) in [6.07, 6.45) is 3.92. The summed E-state index contributed by atoms with van der Waals surface area (Å²) in [4.78, 5) is 2.37. The fourth-order valence-electron chi connectivity index (χ4n) is 1.93. The molecule has 0 aromatic rings. The molecule has 0 fully saturated rings. The van der Waals surface area contributed by atoms with Gasteiger partial charge in [0.25, 0.3) is 0 Å². The molecule has 0 aliphatic rings. The topological polar surface area (TPSA) is 15.3 Å². The van der Waals surface area contributed by atoms with Crippen LogP contribution < -0.4 is 5.32 Å². The second kappa shape index (κ2) is 8.48. The summed E-state index contributed by atoms with van der Waals surface area (Å²) in [6, 6.07) is 0. The van der Waals surface area contributed by atoms with E-state index in [9.17, 15) is 0 Å². The van der Waals surface area contributed by atoms with Crippen LogP contribution in [0.2, 0.25) is 0 Å². The highest BCUT2D eigenvalue weighted by atomic mass is 15.1. The first-order chi connectivity index (χ1) is 7.91. The molecule has 0 amide bonds. The highest BCUT2D eigenvalue weighted by Crippen LogP contribution is 2.16. The lowest BCUT2D eigenvalue weighted by Crippen LogP contribution is -2.41. The van der Waals surface area contributed by atoms with E-state index in [-0.39, 0.29) is 5.41 Å². The van der Waals surface area contributed by atoms with Gasteiger partial charge in [-0.3, -0.25) is 4.90 Å². The summed E-state index contributed by atoms with van der Waals surface area (Å²) in [5.74, 6) is 0.711. The summed E-state index contributed by atoms with van der Waals surface area (Å²) in [7, 11) is 0. The Morgan fingerprint density at radius 1 is 1.18 bits per heavy atom. The molecular weight excluding hydrogens is 208 g/mol. The van der Waals surface area contributed by atoms with Gasteiger partial charge in [0.2, 0.25) is 0 Å². The zero-order valence-electron chi connectivity index (χ0n) is 12.1. The molecule has 0 aliphatic heterocycles. The van der Waals surface area contributed by atoms with Crippen LogP contribution >= 0.6 is 0 Å². The van der Waals surface area contributed by atoms with Crippen molar-refractivity contribution in [3.8, 4) is 0 Å². The lowest BCUT2D eigenvalue weighted by molar-refractivity contribution is 0.201. The van der Waals surface area contributed by atoms with Gasteiger partial charge in [0, 0.05) is 26.2 Å². The van der Waals surface area contributed by atoms with Crippen LogP contribution in [-0.4, -0.2) is 37.6 Å². The molecule has 0 aliphatic carbocycles. The maximum Gasteiger partial charge on any atom is 0.0164 e. The lowest BCUT2D eigenvalue weighted by atomic mass is 9.92. The van der Waals surface area contributed by atoms with Gasteiger partial charge in [-0.15, -0.1) is 13.2 Å². The fourth-order valence-corrected chi connectivity index (χ4v) is 1.93. The zero-order chi connectivity index (χ0) is 13.3. The molecule has 2 nitrogen and oxygen atoms in total. The predicted octanol–water partition coefficient (Wildman–Crippen LogP) is 2.93. The van der Waals surface area contributed by atoms with E-state index in [1.165, 1.54) is 0 Å². The Morgan fingerprint density at radius 3 is 2.12 bits per heavy atom. The summed E-state index contributed by atoms with van der Waals surface area (Å²) in [6.45, 7) is 21.8. The second-order valence-electron chi connectivity index (χ2n) is 5.96. The van der Waals surface area contributed by atoms with Crippen molar-refractivity contribution >= 4 is 0 Å². The van der Waals surface area contributed by atoms with E-state index in [2.05, 4.69) is 51.1 Å². The molecule has 0 saturated heterocycles. The van der Waals surface area contributed by atoms with E-state index < -0.39 is 0 Å². The van der Waals surface area contributed by atoms with Crippen LogP contribution in [0.4, 0.5) is 0 Å². The number of hydrogen-bond acceptors (Lipinski definition) is 2. The molecule has 0 bridgehead atoms. The zero-order valence-corrected chi connectivity index (χ0v) is 12.1. The Balaban J connectivity index is 4.08. The van der Waals surface area contributed by atoms with E-state index >= 15 is 0 Å². The fraction of sp³-hybridized carbons (Fsp3) is 0.733. The Hall–Kier alpha value is -0.600. The van der Waals surface area contributed by atoms with E-state index in [4.69, 9.17) is 0 Å². The maximum atomic E-state index is 3.81. The third kappa shape index (κ3) is 9.13. The minimum absolute atomic E-state index is 0.279. The second-order valence-corrected chi connectivity index (χ2v) is 5.96. The molecule has 0 unspecified atom stereocenters. The van der Waals surface area contributed by atoms with Gasteiger partial charge in [0.05, 0.1) is 0 Å². The van der Waals surface area contributed by atoms with Crippen molar-refractivity contribution in [3.05, 3.63) is 25.3 Å². The summed E-state index contributed by atoms with van der Waals surface area (Å²) in [5, 5.41) is 3.54. The SMILES string of the molecule is C=CCN(CC=C)CC(C)(C)CNCC(C)C. The average Bonchev–Trinajstić information content (AvgIpc) is 2.16. The molecular formula is C15H30N2. The predicted molar refractivity (Wildman–Crippen MR) is 78.3 cm³/mol. The highest BCUT2D eigenvalue weighted by molar-refractivity contribution is 4.84. The molecule has 2 heteroatoms. The van der Waals surface area contributed by atoms with Crippen molar-refractivity contribution in [1.82, 2.24) is 10.2 Å². The summed E-state index contributed by atoms with van der Waals surface area (Å²) >= 11 is 0. The molecule has 0 radical (unpaired) electrons. The Bertz CT molecular complexity index is 209. The average molecular weight is 238 g/mol. The van der Waals surface area contributed by atoms with E-state index in [0.717, 1.165) is 32.7 Å². The summed E-state index contributed by atoms with van der Waals surface area (Å²) in [5.41, 5.74) is 0.279. The van der Waals surface area contributed by atoms with Gasteiger partial charge in [0.15, 0.2) is 0 Å². The van der Waals surface area contributed by atoms with Gasteiger partial charge in [-0.05, 0) is 17.9 Å². The van der Waals surface area contributed by atoms with Crippen LogP contribution in [0.25, 0.3) is 0 Å². The quantitative estimate of drug-likeness (QED) is 0.589. The molecule has 0 atom stereocenters. The monoisotopic (exact) mass is 238 g/mol. The van der Waals surface area contributed by atoms with Gasteiger partial charge in [-0.2, -0.15) is 0 Å². The molecule has 100 valence electrons. The standard InChI is InChI=1S/C15H30N2/c1-7-9-17(10-8-2)13-15(5,6)12-16-11-14(3)4/h7-8,14,16H,1-2,9-13H2,3-6H3. The third-order valence-corrected chi connectivity index (χ3v) is 2.58. The molecule has 0 spiro atoms. The van der Waals surface area contributed by atoms with Crippen molar-refractivity contribution in [2.75, 3.05) is 32.7 Å². The van der Waals surface area contributed by atoms with E-state index in [1.807, 2.05) is 12.2 Å². The maximum absolute atomic E-state index is 3.81. The minimum Gasteiger partial charge on any atom is -0.316 e. The van der Waals surface area contributed by atoms with Gasteiger partial charge < -0.3 is 5.32 Å². The molecule has 0 heterocycles. The molecule has 0 saturated carbocycles. The normalized spacial score (nSPS) is 12.1. The summed E-state index contributed by atoms with van der Waals surface area (Å²) < 4.78 is 0. The first-order valence-electron chi connectivity index (χ1n) is 6.56. The van der Waals surface area contributed by atoms with Crippen molar-refractivity contribution in [2.24, 2.45) is 11.3 Å². The van der Waals surface area contributed by atoms with E-state index in [0.29, 0.717) is 5.92 Å². The van der Waals surface area contributed by atoms with Gasteiger partial charge in [-0.25, -0.2) is 0 Å². The molecule has 0 aromatic carbocycles. The van der Waals surface area contributed by atoms with Gasteiger partial charge in [-0.1, -0.05) is 39.8 Å². The lowest BCUT2D eigenvalue weighted by Gasteiger charge is -2.32. The van der Waals surface area contributed by atoms with Gasteiger partial charge >= 0.3 is 0 Å². The molecule has 0 aromatic heterocycles. The van der Waals surface area contributed by atoms with Crippen LogP contribution in [0.5, 0.6) is 0 Å². The Morgan fingerprint density at radius 2 is 1.71 bits per heavy atom. The van der Waals surface area contributed by atoms with Gasteiger partial charge in [0.1, 0.15) is 0 Å². The van der Waals surface area contributed by atoms with Crippen molar-refractivity contribution in [3.63, 3.8) is 0 Å². The number of nitrogens with one attached hydrogen (secondary N) is 1. The Labute approximate surface area is 108 Å². The first kappa shape index (κ1) is 16.4. The van der Waals surface area contributed by atoms with Crippen molar-refractivity contribution in [1.29, 1.82) is 0 Å². The largest absolute Gasteiger partial charge is 0.316 e. The van der Waals surface area contributed by atoms with E-state index in [1.54, 1.807) is 0 Å². The molecule has 1 N–H and O–H groups in total. The van der Waals surface area contributed by atoms with Crippen LogP contribution in [0, 0.1) is 11.3 Å². The van der Waals surface area contributed by atoms with Crippen LogP contribution in [-0.2, 0) is 0 Å². The number of hydrogen-bond donors (Lipinski definition) is 1. The van der Waals surface area contributed by atoms with Crippen molar-refractivity contribution in [2.45, 2.75) is 27.7 Å². The number of rotatable bonds is 10. The smallest absolute Gasteiger partial charge is 0.0164 e. The first-order valence-corrected chi connectivity index (χ1v) is 6.56. The van der Waals surface area contributed by atoms with Crippen LogP contribution in [0.15, 0.2) is 25.3 Å². The molecule has 17 heavy (non-hydrogen) atoms. The third-order valence-electron chi connectivity index (χ3n) is 2.58. The minimum atomic E-state index is 0.279. The van der Waals surface area contributed by atoms with Crippen LogP contribution in [0.1, 0.15) is 27.7 Å². The number of nitrogens with zero attached hydrogens (tertiary/aromatic N) is 1. The molecule has 0 rings (SSSR count). The van der Waals surface area contributed by atoms with Crippen LogP contribution in [0.3, 0.4) is 0 Å².